The van der Waals surface area contributed by atoms with E-state index in [1.165, 1.54) is 18.4 Å². The van der Waals surface area contributed by atoms with E-state index in [-0.39, 0.29) is 0 Å². The van der Waals surface area contributed by atoms with Crippen molar-refractivity contribution in [3.8, 4) is 0 Å². The number of piperidine rings is 1. The van der Waals surface area contributed by atoms with Gasteiger partial charge in [-0.25, -0.2) is 0 Å². The topological polar surface area (TPSA) is 35.6 Å². The van der Waals surface area contributed by atoms with E-state index in [2.05, 4.69) is 27.2 Å². The number of nitrogens with one attached hydrogen (secondary N) is 1. The first-order chi connectivity index (χ1) is 11.7. The Labute approximate surface area is 149 Å². The molecular formula is C19H26ClN3O. The van der Waals surface area contributed by atoms with Crippen molar-refractivity contribution in [1.82, 2.24) is 15.1 Å². The van der Waals surface area contributed by atoms with Crippen LogP contribution in [0.2, 0.25) is 5.02 Å². The average molecular weight is 348 g/mol. The second-order valence-electron chi connectivity index (χ2n) is 7.60. The fourth-order valence-corrected chi connectivity index (χ4v) is 4.49. The predicted octanol–water partition coefficient (Wildman–Crippen LogP) is 2.37. The van der Waals surface area contributed by atoms with Crippen LogP contribution in [0.5, 0.6) is 0 Å². The number of amides is 1. The standard InChI is InChI=1S/C19H26ClN3O/c20-16-3-1-15(2-4-16)14-22-9-11-23(12-10-22)18(24)17-13-19(17)5-7-21-8-6-19/h1-4,17,21H,5-14H2. The van der Waals surface area contributed by atoms with E-state index in [9.17, 15) is 4.79 Å². The molecule has 1 aromatic rings. The maximum atomic E-state index is 12.8. The second kappa shape index (κ2) is 6.66. The van der Waals surface area contributed by atoms with E-state index in [1.807, 2.05) is 12.1 Å². The van der Waals surface area contributed by atoms with Crippen LogP contribution in [0.15, 0.2) is 24.3 Å². The normalized spacial score (nSPS) is 26.5. The van der Waals surface area contributed by atoms with Crippen LogP contribution in [-0.2, 0) is 11.3 Å². The van der Waals surface area contributed by atoms with Gasteiger partial charge in [0.2, 0.25) is 5.91 Å². The summed E-state index contributed by atoms with van der Waals surface area (Å²) in [5, 5.41) is 4.19. The summed E-state index contributed by atoms with van der Waals surface area (Å²) in [6.07, 6.45) is 3.48. The second-order valence-corrected chi connectivity index (χ2v) is 8.03. The van der Waals surface area contributed by atoms with E-state index in [1.54, 1.807) is 0 Å². The quantitative estimate of drug-likeness (QED) is 0.911. The molecule has 2 heterocycles. The van der Waals surface area contributed by atoms with Crippen LogP contribution >= 0.6 is 11.6 Å². The molecule has 0 bridgehead atoms. The smallest absolute Gasteiger partial charge is 0.226 e. The molecule has 4 rings (SSSR count). The number of piperazine rings is 1. The fraction of sp³-hybridized carbons (Fsp3) is 0.632. The lowest BCUT2D eigenvalue weighted by Crippen LogP contribution is -2.49. The summed E-state index contributed by atoms with van der Waals surface area (Å²) < 4.78 is 0. The lowest BCUT2D eigenvalue weighted by Gasteiger charge is -2.35. The molecule has 1 aliphatic carbocycles. The molecule has 1 atom stereocenters. The van der Waals surface area contributed by atoms with E-state index < -0.39 is 0 Å². The summed E-state index contributed by atoms with van der Waals surface area (Å²) in [6, 6.07) is 8.07. The molecule has 5 heteroatoms. The molecule has 4 nitrogen and oxygen atoms in total. The van der Waals surface area contributed by atoms with Crippen molar-refractivity contribution in [2.75, 3.05) is 39.3 Å². The number of carbonyl (C=O) groups excluding carboxylic acids is 1. The molecule has 0 radical (unpaired) electrons. The number of halogens is 1. The zero-order valence-electron chi connectivity index (χ0n) is 14.1. The van der Waals surface area contributed by atoms with Crippen molar-refractivity contribution in [3.63, 3.8) is 0 Å². The third kappa shape index (κ3) is 3.32. The largest absolute Gasteiger partial charge is 0.340 e. The molecular weight excluding hydrogens is 322 g/mol. The highest BCUT2D eigenvalue weighted by atomic mass is 35.5. The first-order valence-corrected chi connectivity index (χ1v) is 9.50. The number of hydrogen-bond donors (Lipinski definition) is 1. The molecule has 3 aliphatic rings. The molecule has 2 saturated heterocycles. The van der Waals surface area contributed by atoms with Crippen LogP contribution in [0.25, 0.3) is 0 Å². The van der Waals surface area contributed by atoms with Gasteiger partial charge >= 0.3 is 0 Å². The first kappa shape index (κ1) is 16.4. The van der Waals surface area contributed by atoms with Crippen molar-refractivity contribution < 1.29 is 4.79 Å². The lowest BCUT2D eigenvalue weighted by atomic mass is 9.91. The Morgan fingerprint density at radius 3 is 2.46 bits per heavy atom. The Kier molecular flexibility index (Phi) is 4.54. The van der Waals surface area contributed by atoms with Gasteiger partial charge in [0, 0.05) is 43.7 Å². The van der Waals surface area contributed by atoms with E-state index in [0.29, 0.717) is 17.2 Å². The minimum Gasteiger partial charge on any atom is -0.340 e. The van der Waals surface area contributed by atoms with Gasteiger partial charge < -0.3 is 10.2 Å². The minimum atomic E-state index is 0.308. The SMILES string of the molecule is O=C(C1CC12CCNCC2)N1CCN(Cc2ccc(Cl)cc2)CC1. The number of hydrogen-bond acceptors (Lipinski definition) is 3. The fourth-order valence-electron chi connectivity index (χ4n) is 4.37. The van der Waals surface area contributed by atoms with Crippen molar-refractivity contribution in [2.45, 2.75) is 25.8 Å². The summed E-state index contributed by atoms with van der Waals surface area (Å²) >= 11 is 5.94. The highest BCUT2D eigenvalue weighted by Gasteiger charge is 2.58. The molecule has 24 heavy (non-hydrogen) atoms. The van der Waals surface area contributed by atoms with Gasteiger partial charge in [-0.1, -0.05) is 23.7 Å². The van der Waals surface area contributed by atoms with Gasteiger partial charge in [-0.3, -0.25) is 9.69 Å². The van der Waals surface area contributed by atoms with Gasteiger partial charge in [0.15, 0.2) is 0 Å². The Hall–Kier alpha value is -1.10. The van der Waals surface area contributed by atoms with Crippen molar-refractivity contribution in [3.05, 3.63) is 34.9 Å². The summed E-state index contributed by atoms with van der Waals surface area (Å²) in [7, 11) is 0. The van der Waals surface area contributed by atoms with Crippen LogP contribution in [0.3, 0.4) is 0 Å². The highest BCUT2D eigenvalue weighted by molar-refractivity contribution is 6.30. The van der Waals surface area contributed by atoms with Crippen LogP contribution in [-0.4, -0.2) is 55.0 Å². The molecule has 1 saturated carbocycles. The maximum Gasteiger partial charge on any atom is 0.226 e. The van der Waals surface area contributed by atoms with Crippen molar-refractivity contribution in [2.24, 2.45) is 11.3 Å². The number of carbonyl (C=O) groups is 1. The molecule has 1 spiro atoms. The van der Waals surface area contributed by atoms with E-state index in [0.717, 1.165) is 57.3 Å². The Morgan fingerprint density at radius 1 is 1.12 bits per heavy atom. The summed E-state index contributed by atoms with van der Waals surface area (Å²) in [5.41, 5.74) is 1.64. The van der Waals surface area contributed by atoms with Gasteiger partial charge in [-0.15, -0.1) is 0 Å². The Balaban J connectivity index is 1.27. The monoisotopic (exact) mass is 347 g/mol. The minimum absolute atomic E-state index is 0.308. The zero-order chi connectivity index (χ0) is 16.6. The molecule has 1 unspecified atom stereocenters. The van der Waals surface area contributed by atoms with Crippen LogP contribution in [0.4, 0.5) is 0 Å². The van der Waals surface area contributed by atoms with Crippen LogP contribution in [0.1, 0.15) is 24.8 Å². The predicted molar refractivity (Wildman–Crippen MR) is 96.0 cm³/mol. The molecule has 3 fully saturated rings. The number of rotatable bonds is 3. The number of nitrogens with zero attached hydrogens (tertiary/aromatic N) is 2. The summed E-state index contributed by atoms with van der Waals surface area (Å²) in [4.78, 5) is 17.4. The van der Waals surface area contributed by atoms with Gasteiger partial charge in [-0.05, 0) is 55.5 Å². The third-order valence-corrected chi connectivity index (χ3v) is 6.34. The molecule has 1 amide bonds. The molecule has 130 valence electrons. The van der Waals surface area contributed by atoms with Crippen molar-refractivity contribution in [1.29, 1.82) is 0 Å². The zero-order valence-corrected chi connectivity index (χ0v) is 14.9. The molecule has 1 N–H and O–H groups in total. The summed E-state index contributed by atoms with van der Waals surface area (Å²) in [6.45, 7) is 6.79. The lowest BCUT2D eigenvalue weighted by molar-refractivity contribution is -0.135. The maximum absolute atomic E-state index is 12.8. The molecule has 1 aromatic carbocycles. The summed E-state index contributed by atoms with van der Waals surface area (Å²) in [5.74, 6) is 0.727. The van der Waals surface area contributed by atoms with Crippen molar-refractivity contribution >= 4 is 17.5 Å². The van der Waals surface area contributed by atoms with Gasteiger partial charge in [0.25, 0.3) is 0 Å². The van der Waals surface area contributed by atoms with E-state index in [4.69, 9.17) is 11.6 Å². The average Bonchev–Trinajstić information content (AvgIpc) is 3.30. The van der Waals surface area contributed by atoms with Gasteiger partial charge in [0.1, 0.15) is 0 Å². The Morgan fingerprint density at radius 2 is 1.79 bits per heavy atom. The number of benzene rings is 1. The van der Waals surface area contributed by atoms with Gasteiger partial charge in [-0.2, -0.15) is 0 Å². The Bertz CT molecular complexity index is 589. The van der Waals surface area contributed by atoms with Crippen LogP contribution in [0, 0.1) is 11.3 Å². The first-order valence-electron chi connectivity index (χ1n) is 9.13. The van der Waals surface area contributed by atoms with E-state index >= 15 is 0 Å². The highest BCUT2D eigenvalue weighted by Crippen LogP contribution is 2.59. The third-order valence-electron chi connectivity index (χ3n) is 6.09. The molecule has 0 aromatic heterocycles. The molecule has 2 aliphatic heterocycles. The van der Waals surface area contributed by atoms with Crippen LogP contribution < -0.4 is 5.32 Å². The van der Waals surface area contributed by atoms with Gasteiger partial charge in [0.05, 0.1) is 0 Å².